The van der Waals surface area contributed by atoms with Crippen LogP contribution in [0.25, 0.3) is 0 Å². The molecule has 3 N–H and O–H groups in total. The Bertz CT molecular complexity index is 461. The van der Waals surface area contributed by atoms with Crippen LogP contribution in [-0.2, 0) is 15.6 Å². The molecule has 2 atom stereocenters. The molecule has 1 heterocycles. The van der Waals surface area contributed by atoms with Gasteiger partial charge in [0.05, 0.1) is 27.6 Å². The summed E-state index contributed by atoms with van der Waals surface area (Å²) in [5.41, 5.74) is 6.08. The molecule has 0 saturated heterocycles. The molecule has 1 rings (SSSR count). The molecule has 19 heavy (non-hydrogen) atoms. The zero-order valence-electron chi connectivity index (χ0n) is 11.6. The lowest BCUT2D eigenvalue weighted by atomic mass is 10.2. The highest BCUT2D eigenvalue weighted by Crippen LogP contribution is 2.17. The van der Waals surface area contributed by atoms with Crippen LogP contribution in [0.4, 0.5) is 5.69 Å². The number of anilines is 1. The van der Waals surface area contributed by atoms with E-state index in [1.54, 1.807) is 13.0 Å². The van der Waals surface area contributed by atoms with Gasteiger partial charge in [-0.3, -0.25) is 14.0 Å². The number of aromatic nitrogens is 1. The minimum Gasteiger partial charge on any atom is -0.396 e. The number of pyridine rings is 1. The molecular formula is C13H21N3O2S. The van der Waals surface area contributed by atoms with Crippen LogP contribution in [0, 0.1) is 0 Å². The van der Waals surface area contributed by atoms with Crippen molar-refractivity contribution in [3.63, 3.8) is 0 Å². The molecule has 1 aromatic heterocycles. The molecule has 6 heteroatoms. The molecule has 0 spiro atoms. The van der Waals surface area contributed by atoms with Crippen LogP contribution in [0.1, 0.15) is 33.6 Å². The van der Waals surface area contributed by atoms with E-state index in [9.17, 15) is 9.00 Å². The number of amides is 1. The Morgan fingerprint density at radius 2 is 2.11 bits per heavy atom. The normalized spacial score (nSPS) is 14.1. The van der Waals surface area contributed by atoms with Crippen molar-refractivity contribution in [1.82, 2.24) is 10.3 Å². The zero-order chi connectivity index (χ0) is 14.4. The molecule has 0 saturated carbocycles. The number of nitrogens with zero attached hydrogens (tertiary/aromatic N) is 1. The zero-order valence-corrected chi connectivity index (χ0v) is 12.4. The summed E-state index contributed by atoms with van der Waals surface area (Å²) in [6.07, 6.45) is 4.69. The van der Waals surface area contributed by atoms with Gasteiger partial charge in [-0.15, -0.1) is 0 Å². The average molecular weight is 283 g/mol. The molecule has 0 aliphatic rings. The second-order valence-electron chi connectivity index (χ2n) is 4.38. The predicted octanol–water partition coefficient (Wildman–Crippen LogP) is 1.46. The fraction of sp³-hybridized carbons (Fsp3) is 0.538. The fourth-order valence-electron chi connectivity index (χ4n) is 1.68. The molecular weight excluding hydrogens is 262 g/mol. The fourth-order valence-corrected chi connectivity index (χ4v) is 2.80. The third-order valence-electron chi connectivity index (χ3n) is 3.05. The molecule has 5 nitrogen and oxygen atoms in total. The van der Waals surface area contributed by atoms with E-state index in [-0.39, 0.29) is 11.9 Å². The maximum atomic E-state index is 12.3. The van der Waals surface area contributed by atoms with Gasteiger partial charge in [0.2, 0.25) is 5.91 Å². The summed E-state index contributed by atoms with van der Waals surface area (Å²) in [4.78, 5) is 16.3. The van der Waals surface area contributed by atoms with Crippen molar-refractivity contribution in [3.05, 3.63) is 18.5 Å². The van der Waals surface area contributed by atoms with Crippen LogP contribution in [0.2, 0.25) is 0 Å². The molecule has 106 valence electrons. The van der Waals surface area contributed by atoms with Gasteiger partial charge in [-0.1, -0.05) is 13.8 Å². The van der Waals surface area contributed by atoms with Crippen molar-refractivity contribution in [2.24, 2.45) is 0 Å². The second-order valence-corrected chi connectivity index (χ2v) is 6.12. The molecule has 0 aromatic carbocycles. The molecule has 1 amide bonds. The van der Waals surface area contributed by atoms with Crippen molar-refractivity contribution in [3.8, 4) is 0 Å². The molecule has 0 bridgehead atoms. The monoisotopic (exact) mass is 283 g/mol. The third kappa shape index (κ3) is 4.02. The number of carbonyl (C=O) groups is 1. The van der Waals surface area contributed by atoms with E-state index in [0.717, 1.165) is 12.8 Å². The van der Waals surface area contributed by atoms with E-state index in [1.165, 1.54) is 12.4 Å². The highest BCUT2D eigenvalue weighted by molar-refractivity contribution is 7.86. The first-order chi connectivity index (χ1) is 9.01. The van der Waals surface area contributed by atoms with Gasteiger partial charge in [-0.2, -0.15) is 0 Å². The highest BCUT2D eigenvalue weighted by atomic mass is 32.2. The van der Waals surface area contributed by atoms with Crippen LogP contribution in [0.15, 0.2) is 23.4 Å². The van der Waals surface area contributed by atoms with Crippen LogP contribution in [0.5, 0.6) is 0 Å². The first-order valence-electron chi connectivity index (χ1n) is 6.41. The summed E-state index contributed by atoms with van der Waals surface area (Å²) in [7, 11) is -1.47. The first-order valence-corrected chi connectivity index (χ1v) is 7.62. The van der Waals surface area contributed by atoms with Gasteiger partial charge in [0, 0.05) is 12.2 Å². The summed E-state index contributed by atoms with van der Waals surface area (Å²) in [6.45, 7) is 5.67. The van der Waals surface area contributed by atoms with Gasteiger partial charge >= 0.3 is 0 Å². The third-order valence-corrected chi connectivity index (χ3v) is 4.71. The Morgan fingerprint density at radius 1 is 1.47 bits per heavy atom. The first kappa shape index (κ1) is 15.6. The van der Waals surface area contributed by atoms with E-state index in [0.29, 0.717) is 10.6 Å². The maximum absolute atomic E-state index is 12.3. The lowest BCUT2D eigenvalue weighted by Crippen LogP contribution is -2.41. The molecule has 2 unspecified atom stereocenters. The van der Waals surface area contributed by atoms with E-state index >= 15 is 0 Å². The SMILES string of the molecule is CCC(CC)NC(=O)C(C)S(=O)c1ccncc1N. The number of hydrogen-bond acceptors (Lipinski definition) is 4. The molecule has 0 radical (unpaired) electrons. The number of hydrogen-bond donors (Lipinski definition) is 2. The van der Waals surface area contributed by atoms with Gasteiger partial charge < -0.3 is 11.1 Å². The predicted molar refractivity (Wildman–Crippen MR) is 77.0 cm³/mol. The van der Waals surface area contributed by atoms with Crippen molar-refractivity contribution in [2.45, 2.75) is 49.8 Å². The molecule has 0 aliphatic heterocycles. The van der Waals surface area contributed by atoms with Gasteiger partial charge in [0.1, 0.15) is 5.25 Å². The smallest absolute Gasteiger partial charge is 0.236 e. The standard InChI is InChI=1S/C13H21N3O2S/c1-4-10(5-2)16-13(17)9(3)19(18)12-6-7-15-8-11(12)14/h6-10H,4-5,14H2,1-3H3,(H,16,17). The molecule has 0 aliphatic carbocycles. The summed E-state index contributed by atoms with van der Waals surface area (Å²) in [6, 6.07) is 1.72. The quantitative estimate of drug-likeness (QED) is 0.828. The van der Waals surface area contributed by atoms with E-state index < -0.39 is 16.0 Å². The number of nitrogens with two attached hydrogens (primary N) is 1. The lowest BCUT2D eigenvalue weighted by molar-refractivity contribution is -0.121. The number of rotatable bonds is 6. The lowest BCUT2D eigenvalue weighted by Gasteiger charge is -2.18. The van der Waals surface area contributed by atoms with Gasteiger partial charge in [0.25, 0.3) is 0 Å². The summed E-state index contributed by atoms with van der Waals surface area (Å²) < 4.78 is 12.3. The summed E-state index contributed by atoms with van der Waals surface area (Å²) in [5.74, 6) is -0.205. The van der Waals surface area contributed by atoms with Crippen LogP contribution in [-0.4, -0.2) is 26.4 Å². The van der Waals surface area contributed by atoms with E-state index in [2.05, 4.69) is 10.3 Å². The Morgan fingerprint density at radius 3 is 2.63 bits per heavy atom. The van der Waals surface area contributed by atoms with Crippen molar-refractivity contribution in [2.75, 3.05) is 5.73 Å². The largest absolute Gasteiger partial charge is 0.396 e. The van der Waals surface area contributed by atoms with Gasteiger partial charge in [0.15, 0.2) is 0 Å². The number of carbonyl (C=O) groups excluding carboxylic acids is 1. The van der Waals surface area contributed by atoms with Crippen LogP contribution >= 0.6 is 0 Å². The maximum Gasteiger partial charge on any atom is 0.236 e. The van der Waals surface area contributed by atoms with Crippen molar-refractivity contribution < 1.29 is 9.00 Å². The van der Waals surface area contributed by atoms with Crippen LogP contribution < -0.4 is 11.1 Å². The second kappa shape index (κ2) is 7.23. The number of nitrogens with one attached hydrogen (secondary N) is 1. The topological polar surface area (TPSA) is 85.1 Å². The number of nitrogen functional groups attached to an aromatic ring is 1. The molecule has 0 fully saturated rings. The Balaban J connectivity index is 2.77. The highest BCUT2D eigenvalue weighted by Gasteiger charge is 2.24. The van der Waals surface area contributed by atoms with E-state index in [1.807, 2.05) is 13.8 Å². The summed E-state index contributed by atoms with van der Waals surface area (Å²) >= 11 is 0. The Kier molecular flexibility index (Phi) is 5.95. The minimum atomic E-state index is -1.47. The van der Waals surface area contributed by atoms with Crippen LogP contribution in [0.3, 0.4) is 0 Å². The van der Waals surface area contributed by atoms with Crippen molar-refractivity contribution in [1.29, 1.82) is 0 Å². The van der Waals surface area contributed by atoms with Gasteiger partial charge in [-0.05, 0) is 25.8 Å². The van der Waals surface area contributed by atoms with E-state index in [4.69, 9.17) is 5.73 Å². The molecule has 1 aromatic rings. The minimum absolute atomic E-state index is 0.127. The summed E-state index contributed by atoms with van der Waals surface area (Å²) in [5, 5.41) is 2.26. The van der Waals surface area contributed by atoms with Gasteiger partial charge in [-0.25, -0.2) is 0 Å². The Hall–Kier alpha value is -1.43. The Labute approximate surface area is 116 Å². The average Bonchev–Trinajstić information content (AvgIpc) is 2.43. The van der Waals surface area contributed by atoms with Crippen molar-refractivity contribution >= 4 is 22.4 Å².